The number of tetrazole rings is 1. The molecule has 1 N–H and O–H groups in total. The average molecular weight is 471 g/mol. The number of carbonyl (C=O) groups is 2. The van der Waals surface area contributed by atoms with Crippen LogP contribution in [0.25, 0.3) is 0 Å². The fourth-order valence-electron chi connectivity index (χ4n) is 4.32. The van der Waals surface area contributed by atoms with Gasteiger partial charge in [-0.05, 0) is 41.7 Å². The number of hydrogen-bond acceptors (Lipinski definition) is 8. The summed E-state index contributed by atoms with van der Waals surface area (Å²) >= 11 is 1.41. The molecule has 2 atom stereocenters. The highest BCUT2D eigenvalue weighted by Crippen LogP contribution is 2.39. The zero-order valence-corrected chi connectivity index (χ0v) is 19.2. The van der Waals surface area contributed by atoms with E-state index in [1.54, 1.807) is 9.58 Å². The number of nitrogens with one attached hydrogen (secondary N) is 1. The average Bonchev–Trinajstić information content (AvgIpc) is 3.35. The van der Waals surface area contributed by atoms with Crippen LogP contribution in [-0.2, 0) is 20.8 Å². The predicted octanol–water partition coefficient (Wildman–Crippen LogP) is 2.30. The molecule has 1 aromatic carbocycles. The topological polar surface area (TPSA) is 111 Å². The van der Waals surface area contributed by atoms with Crippen LogP contribution in [0.15, 0.2) is 46.8 Å². The van der Waals surface area contributed by atoms with E-state index in [1.165, 1.54) is 18.9 Å². The molecule has 5 rings (SSSR count). The standard InChI is InChI=1S/C22H26N6O4S/c1-31-20(29)18-17(13-33-22-24-25-26-27(22)12-16-8-5-11-32-16)28(15-9-10-15)21(30)23-19(18)14-6-3-2-4-7-14/h2-4,6-7,15-16,19H,5,8-13H2,1H3,(H,23,30). The van der Waals surface area contributed by atoms with Crippen molar-refractivity contribution in [2.45, 2.75) is 55.6 Å². The highest BCUT2D eigenvalue weighted by atomic mass is 32.2. The largest absolute Gasteiger partial charge is 0.466 e. The van der Waals surface area contributed by atoms with E-state index in [1.807, 2.05) is 30.3 Å². The summed E-state index contributed by atoms with van der Waals surface area (Å²) in [6.45, 7) is 1.34. The van der Waals surface area contributed by atoms with Gasteiger partial charge in [0, 0.05) is 24.1 Å². The lowest BCUT2D eigenvalue weighted by atomic mass is 9.95. The number of ether oxygens (including phenoxy) is 2. The van der Waals surface area contributed by atoms with Gasteiger partial charge in [-0.25, -0.2) is 14.3 Å². The Morgan fingerprint density at radius 1 is 1.27 bits per heavy atom. The molecule has 1 aromatic heterocycles. The minimum Gasteiger partial charge on any atom is -0.466 e. The van der Waals surface area contributed by atoms with Gasteiger partial charge in [0.25, 0.3) is 0 Å². The van der Waals surface area contributed by atoms with E-state index in [4.69, 9.17) is 9.47 Å². The zero-order valence-electron chi connectivity index (χ0n) is 18.3. The third kappa shape index (κ3) is 4.60. The molecule has 174 valence electrons. The number of urea groups is 1. The molecule has 1 saturated heterocycles. The Morgan fingerprint density at radius 3 is 2.79 bits per heavy atom. The smallest absolute Gasteiger partial charge is 0.338 e. The van der Waals surface area contributed by atoms with E-state index in [9.17, 15) is 9.59 Å². The van der Waals surface area contributed by atoms with Crippen molar-refractivity contribution in [3.63, 3.8) is 0 Å². The summed E-state index contributed by atoms with van der Waals surface area (Å²) in [6.07, 6.45) is 3.93. The van der Waals surface area contributed by atoms with Crippen LogP contribution in [0.4, 0.5) is 4.79 Å². The van der Waals surface area contributed by atoms with Crippen molar-refractivity contribution in [1.29, 1.82) is 0 Å². The van der Waals surface area contributed by atoms with E-state index < -0.39 is 12.0 Å². The van der Waals surface area contributed by atoms with Gasteiger partial charge >= 0.3 is 12.0 Å². The summed E-state index contributed by atoms with van der Waals surface area (Å²) in [6, 6.07) is 8.76. The maximum atomic E-state index is 13.1. The second-order valence-electron chi connectivity index (χ2n) is 8.31. The molecule has 0 radical (unpaired) electrons. The second kappa shape index (κ2) is 9.52. The van der Waals surface area contributed by atoms with Crippen molar-refractivity contribution in [3.8, 4) is 0 Å². The Labute approximate surface area is 195 Å². The molecule has 2 aliphatic heterocycles. The first kappa shape index (κ1) is 21.9. The van der Waals surface area contributed by atoms with Crippen molar-refractivity contribution in [3.05, 3.63) is 47.2 Å². The zero-order chi connectivity index (χ0) is 22.8. The minimum absolute atomic E-state index is 0.0832. The Kier molecular flexibility index (Phi) is 6.32. The van der Waals surface area contributed by atoms with Gasteiger partial charge in [0.2, 0.25) is 5.16 Å². The summed E-state index contributed by atoms with van der Waals surface area (Å²) in [4.78, 5) is 27.8. The second-order valence-corrected chi connectivity index (χ2v) is 9.26. The molecule has 0 spiro atoms. The van der Waals surface area contributed by atoms with Crippen molar-refractivity contribution < 1.29 is 19.1 Å². The van der Waals surface area contributed by atoms with Gasteiger partial charge in [-0.3, -0.25) is 4.90 Å². The van der Waals surface area contributed by atoms with Crippen molar-refractivity contribution in [2.24, 2.45) is 0 Å². The Hall–Kier alpha value is -2.92. The van der Waals surface area contributed by atoms with Crippen LogP contribution in [-0.4, -0.2) is 68.7 Å². The van der Waals surface area contributed by atoms with Gasteiger partial charge in [0.15, 0.2) is 0 Å². The minimum atomic E-state index is -0.584. The molecule has 11 heteroatoms. The summed E-state index contributed by atoms with van der Waals surface area (Å²) in [5.74, 6) is -0.0899. The normalized spacial score (nSPS) is 23.1. The number of hydrogen-bond donors (Lipinski definition) is 1. The quantitative estimate of drug-likeness (QED) is 0.462. The molecule has 33 heavy (non-hydrogen) atoms. The SMILES string of the molecule is COC(=O)C1=C(CSc2nnnn2CC2CCCO2)N(C2CC2)C(=O)NC1c1ccccc1. The summed E-state index contributed by atoms with van der Waals surface area (Å²) in [5, 5.41) is 15.7. The molecule has 0 bridgehead atoms. The molecule has 10 nitrogen and oxygen atoms in total. The van der Waals surface area contributed by atoms with E-state index in [0.717, 1.165) is 37.9 Å². The highest BCUT2D eigenvalue weighted by molar-refractivity contribution is 7.99. The molecular weight excluding hydrogens is 444 g/mol. The number of nitrogens with zero attached hydrogens (tertiary/aromatic N) is 5. The maximum Gasteiger partial charge on any atom is 0.338 e. The Bertz CT molecular complexity index is 1050. The van der Waals surface area contributed by atoms with Crippen molar-refractivity contribution in [2.75, 3.05) is 19.5 Å². The van der Waals surface area contributed by atoms with Crippen LogP contribution in [0.2, 0.25) is 0 Å². The first-order chi connectivity index (χ1) is 16.2. The van der Waals surface area contributed by atoms with Crippen LogP contribution < -0.4 is 5.32 Å². The van der Waals surface area contributed by atoms with E-state index in [2.05, 4.69) is 20.8 Å². The molecular formula is C22H26N6O4S. The molecule has 3 heterocycles. The van der Waals surface area contributed by atoms with Crippen molar-refractivity contribution in [1.82, 2.24) is 30.4 Å². The molecule has 2 aromatic rings. The van der Waals surface area contributed by atoms with Crippen LogP contribution in [0.1, 0.15) is 37.3 Å². The van der Waals surface area contributed by atoms with Gasteiger partial charge in [0.1, 0.15) is 0 Å². The third-order valence-electron chi connectivity index (χ3n) is 6.06. The number of rotatable bonds is 8. The summed E-state index contributed by atoms with van der Waals surface area (Å²) < 4.78 is 12.6. The first-order valence-corrected chi connectivity index (χ1v) is 12.1. The molecule has 1 aliphatic carbocycles. The lowest BCUT2D eigenvalue weighted by molar-refractivity contribution is -0.136. The van der Waals surface area contributed by atoms with E-state index >= 15 is 0 Å². The van der Waals surface area contributed by atoms with Gasteiger partial charge in [-0.1, -0.05) is 42.1 Å². The van der Waals surface area contributed by atoms with Crippen molar-refractivity contribution >= 4 is 23.8 Å². The molecule has 3 aliphatic rings. The summed E-state index contributed by atoms with van der Waals surface area (Å²) in [5.41, 5.74) is 1.92. The number of amides is 2. The fraction of sp³-hybridized carbons (Fsp3) is 0.500. The Balaban J connectivity index is 1.47. The number of aromatic nitrogens is 4. The highest BCUT2D eigenvalue weighted by Gasteiger charge is 2.44. The van der Waals surface area contributed by atoms with Gasteiger partial charge < -0.3 is 14.8 Å². The lowest BCUT2D eigenvalue weighted by Gasteiger charge is -2.36. The van der Waals surface area contributed by atoms with Crippen LogP contribution in [0.5, 0.6) is 0 Å². The van der Waals surface area contributed by atoms with Gasteiger partial charge in [-0.2, -0.15) is 0 Å². The van der Waals surface area contributed by atoms with Gasteiger partial charge in [-0.15, -0.1) is 5.10 Å². The van der Waals surface area contributed by atoms with Crippen LogP contribution in [0.3, 0.4) is 0 Å². The number of esters is 1. The summed E-state index contributed by atoms with van der Waals surface area (Å²) in [7, 11) is 1.36. The van der Waals surface area contributed by atoms with Gasteiger partial charge in [0.05, 0.1) is 31.4 Å². The van der Waals surface area contributed by atoms with Crippen LogP contribution >= 0.6 is 11.8 Å². The van der Waals surface area contributed by atoms with E-state index in [-0.39, 0.29) is 18.2 Å². The number of benzene rings is 1. The monoisotopic (exact) mass is 470 g/mol. The lowest BCUT2D eigenvalue weighted by Crippen LogP contribution is -2.50. The number of thioether (sulfide) groups is 1. The number of methoxy groups -OCH3 is 1. The molecule has 2 unspecified atom stereocenters. The van der Waals surface area contributed by atoms with Crippen LogP contribution in [0, 0.1) is 0 Å². The predicted molar refractivity (Wildman–Crippen MR) is 119 cm³/mol. The molecule has 2 fully saturated rings. The number of carbonyl (C=O) groups excluding carboxylic acids is 2. The third-order valence-corrected chi connectivity index (χ3v) is 7.03. The van der Waals surface area contributed by atoms with E-state index in [0.29, 0.717) is 28.7 Å². The molecule has 1 saturated carbocycles. The fourth-order valence-corrected chi connectivity index (χ4v) is 5.23. The Morgan fingerprint density at radius 2 is 2.09 bits per heavy atom. The molecule has 2 amide bonds. The maximum absolute atomic E-state index is 13.1. The first-order valence-electron chi connectivity index (χ1n) is 11.1.